The van der Waals surface area contributed by atoms with Crippen molar-refractivity contribution in [3.8, 4) is 0 Å². The predicted octanol–water partition coefficient (Wildman–Crippen LogP) is 2.37. The highest BCUT2D eigenvalue weighted by Crippen LogP contribution is 2.14. The summed E-state index contributed by atoms with van der Waals surface area (Å²) >= 11 is 0. The Labute approximate surface area is 127 Å². The second-order valence-electron chi connectivity index (χ2n) is 5.10. The number of aliphatic hydroxyl groups excluding tert-OH is 1. The van der Waals surface area contributed by atoms with Gasteiger partial charge in [0, 0.05) is 6.04 Å². The number of aliphatic hydroxyl groups is 1. The van der Waals surface area contributed by atoms with Crippen molar-refractivity contribution in [2.24, 2.45) is 0 Å². The van der Waals surface area contributed by atoms with Crippen LogP contribution in [0.1, 0.15) is 24.8 Å². The van der Waals surface area contributed by atoms with Gasteiger partial charge in [-0.05, 0) is 37.8 Å². The summed E-state index contributed by atoms with van der Waals surface area (Å²) in [6.45, 7) is 1.06. The fourth-order valence-corrected chi connectivity index (χ4v) is 2.20. The van der Waals surface area contributed by atoms with Gasteiger partial charge in [0.2, 0.25) is 0 Å². The van der Waals surface area contributed by atoms with E-state index >= 15 is 0 Å². The molecule has 1 aliphatic rings. The molecule has 0 bridgehead atoms. The van der Waals surface area contributed by atoms with Crippen LogP contribution in [0.4, 0.5) is 13.2 Å². The van der Waals surface area contributed by atoms with Crippen LogP contribution < -0.4 is 5.32 Å². The van der Waals surface area contributed by atoms with E-state index in [1.165, 1.54) is 12.0 Å². The van der Waals surface area contributed by atoms with Crippen LogP contribution in [0, 0.1) is 0 Å². The standard InChI is InChI=1S/C13H19NO.C2HF3O2/c15-13(12-7-4-10-14-12)9-8-11-5-2-1-3-6-11;3-2(4,5)1(6)7/h1-3,5-6,12-15H,4,7-10H2;(H,6,7)/t12-,13?;/m1./s1. The molecule has 4 nitrogen and oxygen atoms in total. The lowest BCUT2D eigenvalue weighted by atomic mass is 10.0. The first kappa shape index (κ1) is 18.4. The molecule has 1 fully saturated rings. The fourth-order valence-electron chi connectivity index (χ4n) is 2.20. The number of aliphatic carboxylic acids is 1. The van der Waals surface area contributed by atoms with Crippen molar-refractivity contribution in [3.63, 3.8) is 0 Å². The van der Waals surface area contributed by atoms with Gasteiger partial charge in [0.05, 0.1) is 6.10 Å². The molecule has 1 unspecified atom stereocenters. The Morgan fingerprint density at radius 1 is 1.32 bits per heavy atom. The van der Waals surface area contributed by atoms with Crippen LogP contribution in [-0.4, -0.2) is 41.0 Å². The van der Waals surface area contributed by atoms with Gasteiger partial charge in [-0.25, -0.2) is 4.79 Å². The summed E-state index contributed by atoms with van der Waals surface area (Å²) in [5.41, 5.74) is 1.31. The van der Waals surface area contributed by atoms with E-state index in [2.05, 4.69) is 29.6 Å². The Balaban J connectivity index is 0.000000295. The van der Waals surface area contributed by atoms with Crippen molar-refractivity contribution in [1.29, 1.82) is 0 Å². The molecule has 2 rings (SSSR count). The second kappa shape index (κ2) is 8.75. The van der Waals surface area contributed by atoms with E-state index < -0.39 is 12.1 Å². The van der Waals surface area contributed by atoms with E-state index in [4.69, 9.17) is 9.90 Å². The highest BCUT2D eigenvalue weighted by Gasteiger charge is 2.38. The molecule has 0 radical (unpaired) electrons. The van der Waals surface area contributed by atoms with E-state index in [1.807, 2.05) is 6.07 Å². The first-order valence-electron chi connectivity index (χ1n) is 7.06. The lowest BCUT2D eigenvalue weighted by Gasteiger charge is -2.17. The average molecular weight is 319 g/mol. The quantitative estimate of drug-likeness (QED) is 0.797. The summed E-state index contributed by atoms with van der Waals surface area (Å²) in [6.07, 6.45) is -1.11. The summed E-state index contributed by atoms with van der Waals surface area (Å²) in [5.74, 6) is -2.76. The van der Waals surface area contributed by atoms with E-state index in [1.54, 1.807) is 0 Å². The number of carboxylic acids is 1. The minimum Gasteiger partial charge on any atom is -0.475 e. The summed E-state index contributed by atoms with van der Waals surface area (Å²) in [7, 11) is 0. The van der Waals surface area contributed by atoms with E-state index in [9.17, 15) is 18.3 Å². The zero-order chi connectivity index (χ0) is 16.6. The molecule has 0 saturated carbocycles. The van der Waals surface area contributed by atoms with Gasteiger partial charge in [-0.15, -0.1) is 0 Å². The minimum atomic E-state index is -5.08. The molecule has 0 amide bonds. The summed E-state index contributed by atoms with van der Waals surface area (Å²) in [4.78, 5) is 8.90. The molecule has 1 aromatic carbocycles. The first-order valence-corrected chi connectivity index (χ1v) is 7.06. The van der Waals surface area contributed by atoms with E-state index in [-0.39, 0.29) is 6.10 Å². The monoisotopic (exact) mass is 319 g/mol. The van der Waals surface area contributed by atoms with Crippen molar-refractivity contribution in [2.45, 2.75) is 44.0 Å². The number of nitrogens with one attached hydrogen (secondary N) is 1. The van der Waals surface area contributed by atoms with Gasteiger partial charge < -0.3 is 15.5 Å². The molecule has 1 aromatic rings. The number of hydrogen-bond acceptors (Lipinski definition) is 3. The molecule has 3 N–H and O–H groups in total. The van der Waals surface area contributed by atoms with Crippen molar-refractivity contribution in [1.82, 2.24) is 5.32 Å². The lowest BCUT2D eigenvalue weighted by Crippen LogP contribution is -2.34. The Bertz CT molecular complexity index is 445. The third-order valence-electron chi connectivity index (χ3n) is 3.38. The molecule has 1 heterocycles. The molecule has 0 aromatic heterocycles. The fraction of sp³-hybridized carbons (Fsp3) is 0.533. The minimum absolute atomic E-state index is 0.187. The Morgan fingerprint density at radius 2 is 1.91 bits per heavy atom. The zero-order valence-electron chi connectivity index (χ0n) is 12.0. The number of rotatable bonds is 4. The zero-order valence-corrected chi connectivity index (χ0v) is 12.0. The van der Waals surface area contributed by atoms with Crippen molar-refractivity contribution < 1.29 is 28.2 Å². The second-order valence-corrected chi connectivity index (χ2v) is 5.10. The maximum absolute atomic E-state index is 10.6. The first-order chi connectivity index (χ1) is 10.3. The van der Waals surface area contributed by atoms with Crippen LogP contribution in [0.15, 0.2) is 30.3 Å². The number of carbonyl (C=O) groups is 1. The number of alkyl halides is 3. The number of aryl methyl sites for hydroxylation is 1. The molecule has 1 aliphatic heterocycles. The van der Waals surface area contributed by atoms with Gasteiger partial charge in [0.15, 0.2) is 0 Å². The number of carboxylic acid groups (broad SMARTS) is 1. The Hall–Kier alpha value is -1.60. The van der Waals surface area contributed by atoms with Gasteiger partial charge in [-0.1, -0.05) is 30.3 Å². The van der Waals surface area contributed by atoms with Gasteiger partial charge in [0.1, 0.15) is 0 Å². The van der Waals surface area contributed by atoms with E-state index in [0.29, 0.717) is 6.04 Å². The Morgan fingerprint density at radius 3 is 2.36 bits per heavy atom. The van der Waals surface area contributed by atoms with Gasteiger partial charge in [0.25, 0.3) is 0 Å². The number of benzene rings is 1. The number of halogens is 3. The van der Waals surface area contributed by atoms with Gasteiger partial charge in [-0.2, -0.15) is 13.2 Å². The molecule has 0 aliphatic carbocycles. The molecule has 0 spiro atoms. The highest BCUT2D eigenvalue weighted by atomic mass is 19.4. The van der Waals surface area contributed by atoms with Crippen LogP contribution in [0.2, 0.25) is 0 Å². The van der Waals surface area contributed by atoms with Gasteiger partial charge >= 0.3 is 12.1 Å². The third-order valence-corrected chi connectivity index (χ3v) is 3.38. The Kier molecular flexibility index (Phi) is 7.34. The lowest BCUT2D eigenvalue weighted by molar-refractivity contribution is -0.192. The maximum Gasteiger partial charge on any atom is 0.490 e. The molecule has 124 valence electrons. The normalized spacial score (nSPS) is 19.2. The van der Waals surface area contributed by atoms with Crippen molar-refractivity contribution in [2.75, 3.05) is 6.54 Å². The van der Waals surface area contributed by atoms with Crippen LogP contribution >= 0.6 is 0 Å². The van der Waals surface area contributed by atoms with Crippen molar-refractivity contribution >= 4 is 5.97 Å². The predicted molar refractivity (Wildman–Crippen MR) is 75.5 cm³/mol. The molecule has 22 heavy (non-hydrogen) atoms. The maximum atomic E-state index is 10.6. The topological polar surface area (TPSA) is 69.6 Å². The largest absolute Gasteiger partial charge is 0.490 e. The molecular weight excluding hydrogens is 299 g/mol. The van der Waals surface area contributed by atoms with Crippen LogP contribution in [-0.2, 0) is 11.2 Å². The number of hydrogen-bond donors (Lipinski definition) is 3. The van der Waals surface area contributed by atoms with Gasteiger partial charge in [-0.3, -0.25) is 0 Å². The SMILES string of the molecule is O=C(O)C(F)(F)F.OC(CCc1ccccc1)[C@H]1CCCN1. The molecule has 2 atom stereocenters. The summed E-state index contributed by atoms with van der Waals surface area (Å²) in [5, 5.41) is 20.4. The molecular formula is C15H20F3NO3. The van der Waals surface area contributed by atoms with Crippen molar-refractivity contribution in [3.05, 3.63) is 35.9 Å². The highest BCUT2D eigenvalue weighted by molar-refractivity contribution is 5.73. The van der Waals surface area contributed by atoms with Crippen LogP contribution in [0.25, 0.3) is 0 Å². The molecule has 7 heteroatoms. The van der Waals surface area contributed by atoms with Crippen LogP contribution in [0.5, 0.6) is 0 Å². The van der Waals surface area contributed by atoms with E-state index in [0.717, 1.165) is 25.8 Å². The average Bonchev–Trinajstić information content (AvgIpc) is 3.00. The van der Waals surface area contributed by atoms with Crippen LogP contribution in [0.3, 0.4) is 0 Å². The summed E-state index contributed by atoms with van der Waals surface area (Å²) < 4.78 is 31.7. The summed E-state index contributed by atoms with van der Waals surface area (Å²) in [6, 6.07) is 10.7. The molecule has 1 saturated heterocycles. The third kappa shape index (κ3) is 6.91. The smallest absolute Gasteiger partial charge is 0.475 e.